The predicted octanol–water partition coefficient (Wildman–Crippen LogP) is 6.97. The van der Waals surface area contributed by atoms with Gasteiger partial charge in [0.1, 0.15) is 15.5 Å². The number of carbonyl (C=O) groups excluding carboxylic acids is 1. The fraction of sp³-hybridized carbons (Fsp3) is 0.100. The van der Waals surface area contributed by atoms with Crippen LogP contribution in [-0.4, -0.2) is 15.8 Å². The zero-order valence-electron chi connectivity index (χ0n) is 15.5. The van der Waals surface area contributed by atoms with Gasteiger partial charge in [0.05, 0.1) is 16.8 Å². The second-order valence-electron chi connectivity index (χ2n) is 5.40. The van der Waals surface area contributed by atoms with Crippen molar-refractivity contribution in [1.82, 2.24) is 9.97 Å². The van der Waals surface area contributed by atoms with Gasteiger partial charge in [-0.2, -0.15) is 5.26 Å². The van der Waals surface area contributed by atoms with Gasteiger partial charge >= 0.3 is 0 Å². The van der Waals surface area contributed by atoms with Gasteiger partial charge in [-0.15, -0.1) is 0 Å². The lowest BCUT2D eigenvalue weighted by molar-refractivity contribution is 0.0993. The van der Waals surface area contributed by atoms with Crippen LogP contribution in [0.25, 0.3) is 0 Å². The van der Waals surface area contributed by atoms with Crippen LogP contribution in [0.4, 0.5) is 5.69 Å². The summed E-state index contributed by atoms with van der Waals surface area (Å²) in [7, 11) is 0. The second-order valence-corrected chi connectivity index (χ2v) is 7.30. The van der Waals surface area contributed by atoms with Crippen LogP contribution in [0.5, 0.6) is 0 Å². The van der Waals surface area contributed by atoms with Gasteiger partial charge in [0, 0.05) is 18.9 Å². The molecule has 156 valence electrons. The van der Waals surface area contributed by atoms with E-state index in [1.165, 1.54) is 6.92 Å². The number of anilines is 1. The zero-order chi connectivity index (χ0) is 22.7. The van der Waals surface area contributed by atoms with Crippen molar-refractivity contribution in [3.63, 3.8) is 0 Å². The summed E-state index contributed by atoms with van der Waals surface area (Å²) in [5, 5.41) is 8.90. The molecule has 0 unspecified atom stereocenters. The Labute approximate surface area is 199 Å². The molecule has 0 aliphatic rings. The number of pyridine rings is 2. The maximum atomic E-state index is 12.1. The molecule has 0 fully saturated rings. The number of ketones is 1. The summed E-state index contributed by atoms with van der Waals surface area (Å²) in [6, 6.07) is 15.1. The molecule has 0 saturated heterocycles. The van der Waals surface area contributed by atoms with Gasteiger partial charge in [0.15, 0.2) is 10.9 Å². The third kappa shape index (κ3) is 8.74. The molecule has 2 N–H and O–H groups in total. The number of hydrogen-bond acceptors (Lipinski definition) is 5. The lowest BCUT2D eigenvalue weighted by Crippen LogP contribution is -2.05. The Morgan fingerprint density at radius 1 is 0.933 bits per heavy atom. The monoisotopic (exact) mass is 502 g/mol. The molecule has 0 radical (unpaired) electrons. The number of rotatable bonds is 3. The Bertz CT molecular complexity index is 1050. The molecule has 2 aromatic heterocycles. The molecular weight excluding hydrogens is 490 g/mol. The lowest BCUT2D eigenvalue weighted by atomic mass is 10.0. The fourth-order valence-corrected chi connectivity index (χ4v) is 2.95. The minimum absolute atomic E-state index is 0.105. The van der Waals surface area contributed by atoms with Crippen LogP contribution in [0.15, 0.2) is 48.5 Å². The first-order valence-corrected chi connectivity index (χ1v) is 10.1. The standard InChI is InChI=1S/C13H8Cl3NO.C5H4Cl2N2.C2H3N/c14-10-4-2-1-3-9(10)11(18)7-8-5-6-12(15)17-13(8)16;6-4-2-1-3(8)5(7)9-4;1-2-3/h1-6H,7H2;1-2H,8H2;1H3. The molecular formula is C20H15Cl5N4O. The number of carbonyl (C=O) groups is 1. The number of halogens is 5. The van der Waals surface area contributed by atoms with Gasteiger partial charge in [-0.25, -0.2) is 9.97 Å². The van der Waals surface area contributed by atoms with Crippen LogP contribution in [0, 0.1) is 11.3 Å². The number of benzene rings is 1. The molecule has 0 aliphatic heterocycles. The van der Waals surface area contributed by atoms with Gasteiger partial charge in [-0.05, 0) is 35.9 Å². The molecule has 0 bridgehead atoms. The van der Waals surface area contributed by atoms with E-state index in [2.05, 4.69) is 9.97 Å². The van der Waals surface area contributed by atoms with Crippen LogP contribution < -0.4 is 5.73 Å². The van der Waals surface area contributed by atoms with Crippen LogP contribution in [0.2, 0.25) is 25.6 Å². The van der Waals surface area contributed by atoms with E-state index in [-0.39, 0.29) is 22.5 Å². The Morgan fingerprint density at radius 3 is 1.97 bits per heavy atom. The van der Waals surface area contributed by atoms with E-state index in [4.69, 9.17) is 69.0 Å². The quantitative estimate of drug-likeness (QED) is 0.307. The maximum Gasteiger partial charge on any atom is 0.168 e. The van der Waals surface area contributed by atoms with Crippen molar-refractivity contribution in [1.29, 1.82) is 5.26 Å². The zero-order valence-corrected chi connectivity index (χ0v) is 19.3. The average molecular weight is 505 g/mol. The minimum atomic E-state index is -0.105. The highest BCUT2D eigenvalue weighted by atomic mass is 35.5. The molecule has 0 spiro atoms. The van der Waals surface area contributed by atoms with Crippen molar-refractivity contribution in [3.8, 4) is 6.07 Å². The number of aromatic nitrogens is 2. The molecule has 0 atom stereocenters. The molecule has 3 rings (SSSR count). The summed E-state index contributed by atoms with van der Waals surface area (Å²) < 4.78 is 0. The highest BCUT2D eigenvalue weighted by Crippen LogP contribution is 2.21. The average Bonchev–Trinajstić information content (AvgIpc) is 2.68. The van der Waals surface area contributed by atoms with E-state index in [9.17, 15) is 4.79 Å². The van der Waals surface area contributed by atoms with Gasteiger partial charge in [-0.1, -0.05) is 76.2 Å². The lowest BCUT2D eigenvalue weighted by Gasteiger charge is -2.05. The van der Waals surface area contributed by atoms with Gasteiger partial charge < -0.3 is 5.73 Å². The Kier molecular flexibility index (Phi) is 11.5. The smallest absolute Gasteiger partial charge is 0.168 e. The summed E-state index contributed by atoms with van der Waals surface area (Å²) in [4.78, 5) is 19.6. The molecule has 2 heterocycles. The summed E-state index contributed by atoms with van der Waals surface area (Å²) >= 11 is 28.5. The second kappa shape index (κ2) is 13.3. The molecule has 30 heavy (non-hydrogen) atoms. The Balaban J connectivity index is 0.000000313. The van der Waals surface area contributed by atoms with E-state index < -0.39 is 0 Å². The van der Waals surface area contributed by atoms with Crippen LogP contribution in [-0.2, 0) is 6.42 Å². The third-order valence-corrected chi connectivity index (χ3v) is 4.64. The van der Waals surface area contributed by atoms with E-state index in [0.29, 0.717) is 32.1 Å². The van der Waals surface area contributed by atoms with Crippen LogP contribution in [0.3, 0.4) is 0 Å². The summed E-state index contributed by atoms with van der Waals surface area (Å²) in [5.41, 5.74) is 6.89. The van der Waals surface area contributed by atoms with E-state index in [1.807, 2.05) is 0 Å². The first-order chi connectivity index (χ1) is 14.2. The molecule has 0 amide bonds. The number of Topliss-reactive ketones (excluding diaryl/α,β-unsaturated/α-hetero) is 1. The van der Waals surface area contributed by atoms with Crippen molar-refractivity contribution < 1.29 is 4.79 Å². The number of nitrogens with zero attached hydrogens (tertiary/aromatic N) is 3. The Hall–Kier alpha value is -2.07. The van der Waals surface area contributed by atoms with Gasteiger partial charge in [0.25, 0.3) is 0 Å². The van der Waals surface area contributed by atoms with Crippen molar-refractivity contribution in [2.45, 2.75) is 13.3 Å². The first-order valence-electron chi connectivity index (χ1n) is 8.16. The number of nitrogens with two attached hydrogens (primary N) is 1. The predicted molar refractivity (Wildman–Crippen MR) is 124 cm³/mol. The van der Waals surface area contributed by atoms with Crippen molar-refractivity contribution in [2.24, 2.45) is 0 Å². The normalized spacial score (nSPS) is 9.37. The molecule has 0 saturated carbocycles. The highest BCUT2D eigenvalue weighted by Gasteiger charge is 2.13. The van der Waals surface area contributed by atoms with Crippen LogP contribution in [0.1, 0.15) is 22.8 Å². The SMILES string of the molecule is CC#N.Nc1ccc(Cl)nc1Cl.O=C(Cc1ccc(Cl)nc1Cl)c1ccccc1Cl. The van der Waals surface area contributed by atoms with Gasteiger partial charge in [-0.3, -0.25) is 4.79 Å². The molecule has 0 aliphatic carbocycles. The minimum Gasteiger partial charge on any atom is -0.396 e. The van der Waals surface area contributed by atoms with Crippen LogP contribution >= 0.6 is 58.0 Å². The molecule has 10 heteroatoms. The molecule has 1 aromatic carbocycles. The van der Waals surface area contributed by atoms with Gasteiger partial charge in [0.2, 0.25) is 0 Å². The summed E-state index contributed by atoms with van der Waals surface area (Å²) in [6.07, 6.45) is 0.146. The van der Waals surface area contributed by atoms with Crippen molar-refractivity contribution in [3.05, 3.63) is 85.3 Å². The number of nitriles is 1. The number of nitrogen functional groups attached to an aromatic ring is 1. The molecule has 3 aromatic rings. The summed E-state index contributed by atoms with van der Waals surface area (Å²) in [5.74, 6) is -0.105. The third-order valence-electron chi connectivity index (χ3n) is 3.26. The fourth-order valence-electron chi connectivity index (χ4n) is 1.95. The summed E-state index contributed by atoms with van der Waals surface area (Å²) in [6.45, 7) is 1.43. The number of hydrogen-bond donors (Lipinski definition) is 1. The van der Waals surface area contributed by atoms with Crippen molar-refractivity contribution in [2.75, 3.05) is 5.73 Å². The van der Waals surface area contributed by atoms with E-state index >= 15 is 0 Å². The van der Waals surface area contributed by atoms with E-state index in [1.54, 1.807) is 54.6 Å². The maximum absolute atomic E-state index is 12.1. The van der Waals surface area contributed by atoms with E-state index in [0.717, 1.165) is 0 Å². The topological polar surface area (TPSA) is 92.7 Å². The first kappa shape index (κ1) is 26.0. The van der Waals surface area contributed by atoms with Crippen molar-refractivity contribution >= 4 is 69.5 Å². The largest absolute Gasteiger partial charge is 0.396 e. The Morgan fingerprint density at radius 2 is 1.47 bits per heavy atom. The molecule has 5 nitrogen and oxygen atoms in total. The highest BCUT2D eigenvalue weighted by molar-refractivity contribution is 6.35.